The van der Waals surface area contributed by atoms with Crippen LogP contribution in [0.1, 0.15) is 37.2 Å². The highest BCUT2D eigenvalue weighted by Crippen LogP contribution is 2.53. The van der Waals surface area contributed by atoms with Crippen LogP contribution in [-0.4, -0.2) is 4.57 Å². The van der Waals surface area contributed by atoms with Crippen molar-refractivity contribution < 1.29 is 4.42 Å². The van der Waals surface area contributed by atoms with Crippen molar-refractivity contribution >= 4 is 71.6 Å². The third-order valence-corrected chi connectivity index (χ3v) is 14.3. The van der Waals surface area contributed by atoms with Gasteiger partial charge in [-0.05, 0) is 136 Å². The molecule has 0 aliphatic heterocycles. The van der Waals surface area contributed by atoms with Gasteiger partial charge in [0.1, 0.15) is 11.2 Å². The van der Waals surface area contributed by atoms with Crippen molar-refractivity contribution in [2.45, 2.75) is 31.6 Å². The van der Waals surface area contributed by atoms with Crippen molar-refractivity contribution in [3.05, 3.63) is 206 Å². The lowest BCUT2D eigenvalue weighted by atomic mass is 9.83. The molecule has 13 rings (SSSR count). The number of anilines is 3. The number of fused-ring (bicyclic) bond motifs is 9. The molecule has 0 N–H and O–H groups in total. The molecule has 3 nitrogen and oxygen atoms in total. The summed E-state index contributed by atoms with van der Waals surface area (Å²) in [6.07, 6.45) is 5.53. The van der Waals surface area contributed by atoms with E-state index in [4.69, 9.17) is 4.42 Å². The van der Waals surface area contributed by atoms with Crippen LogP contribution in [0.5, 0.6) is 0 Å². The number of nitrogens with zero attached hydrogens (tertiary/aromatic N) is 2. The molecule has 2 aliphatic rings. The molecule has 0 saturated heterocycles. The van der Waals surface area contributed by atoms with E-state index >= 15 is 0 Å². The highest BCUT2D eigenvalue weighted by Gasteiger charge is 2.40. The first-order valence-corrected chi connectivity index (χ1v) is 22.2. The van der Waals surface area contributed by atoms with Gasteiger partial charge in [0.2, 0.25) is 0 Å². The van der Waals surface area contributed by atoms with Crippen LogP contribution in [0.2, 0.25) is 0 Å². The van der Waals surface area contributed by atoms with Crippen molar-refractivity contribution in [1.29, 1.82) is 0 Å². The minimum atomic E-state index is 0.665. The molecule has 3 unspecified atom stereocenters. The van der Waals surface area contributed by atoms with Gasteiger partial charge in [-0.15, -0.1) is 0 Å². The maximum absolute atomic E-state index is 6.51. The summed E-state index contributed by atoms with van der Waals surface area (Å²) in [7, 11) is 0. The molecule has 3 atom stereocenters. The van der Waals surface area contributed by atoms with Crippen LogP contribution >= 0.6 is 0 Å². The second-order valence-electron chi connectivity index (χ2n) is 17.6. The Balaban J connectivity index is 1.02. The van der Waals surface area contributed by atoms with Crippen LogP contribution in [0.4, 0.5) is 17.1 Å². The topological polar surface area (TPSA) is 21.3 Å². The Kier molecular flexibility index (Phi) is 8.06. The zero-order valence-corrected chi connectivity index (χ0v) is 34.4. The summed E-state index contributed by atoms with van der Waals surface area (Å²) in [5, 5.41) is 7.27. The van der Waals surface area contributed by atoms with Crippen molar-refractivity contribution in [3.63, 3.8) is 0 Å². The quantitative estimate of drug-likeness (QED) is 0.160. The van der Waals surface area contributed by atoms with Gasteiger partial charge < -0.3 is 13.9 Å². The van der Waals surface area contributed by atoms with Crippen molar-refractivity contribution in [1.82, 2.24) is 4.57 Å². The van der Waals surface area contributed by atoms with Gasteiger partial charge in [-0.3, -0.25) is 0 Å². The molecular weight excluding hydrogens is 753 g/mol. The lowest BCUT2D eigenvalue weighted by Gasteiger charge is -2.27. The fraction of sp³-hybridized carbons (Fsp3) is 0.119. The number of para-hydroxylation sites is 2. The summed E-state index contributed by atoms with van der Waals surface area (Å²) in [6.45, 7) is 0. The lowest BCUT2D eigenvalue weighted by molar-refractivity contribution is 0.420. The Labute approximate surface area is 361 Å². The van der Waals surface area contributed by atoms with E-state index < -0.39 is 0 Å². The standard InChI is InChI=1S/C59H44N2O/c1-3-12-39(13-4-1)47-19-9-14-41-15-10-20-48(58(41)47)40-26-29-45(30-27-40)60(53-21-11-23-57-59(53)51-18-7-8-22-56(51)62-57)46-31-33-50-49-32-28-43(52-35-38-24-25-42(52)34-38)36-54(49)61(55(50)37-46)44-16-5-2-6-17-44/h1-23,26-33,36-38,42,52H,24-25,34-35H2. The molecule has 62 heavy (non-hydrogen) atoms. The molecule has 2 heterocycles. The van der Waals surface area contributed by atoms with Crippen LogP contribution in [0.25, 0.3) is 82.5 Å². The maximum Gasteiger partial charge on any atom is 0.137 e. The Morgan fingerprint density at radius 1 is 0.468 bits per heavy atom. The normalized spacial score (nSPS) is 17.3. The van der Waals surface area contributed by atoms with E-state index in [1.165, 1.54) is 91.8 Å². The fourth-order valence-electron chi connectivity index (χ4n) is 11.5. The number of rotatable bonds is 7. The zero-order chi connectivity index (χ0) is 40.7. The summed E-state index contributed by atoms with van der Waals surface area (Å²) < 4.78 is 9.01. The van der Waals surface area contributed by atoms with E-state index in [1.807, 2.05) is 0 Å². The summed E-state index contributed by atoms with van der Waals surface area (Å²) in [6, 6.07) is 73.5. The third kappa shape index (κ3) is 5.58. The number of hydrogen-bond donors (Lipinski definition) is 0. The average molecular weight is 797 g/mol. The van der Waals surface area contributed by atoms with Crippen LogP contribution in [0, 0.1) is 11.8 Å². The van der Waals surface area contributed by atoms with Crippen LogP contribution < -0.4 is 4.90 Å². The predicted octanol–water partition coefficient (Wildman–Crippen LogP) is 16.5. The summed E-state index contributed by atoms with van der Waals surface area (Å²) >= 11 is 0. The Hall–Kier alpha value is -7.36. The molecule has 0 radical (unpaired) electrons. The molecule has 2 saturated carbocycles. The third-order valence-electron chi connectivity index (χ3n) is 14.3. The van der Waals surface area contributed by atoms with E-state index in [9.17, 15) is 0 Å². The van der Waals surface area contributed by atoms with Gasteiger partial charge in [0.15, 0.2) is 0 Å². The van der Waals surface area contributed by atoms with Crippen molar-refractivity contribution in [2.24, 2.45) is 11.8 Å². The molecule has 2 fully saturated rings. The monoisotopic (exact) mass is 796 g/mol. The van der Waals surface area contributed by atoms with E-state index in [-0.39, 0.29) is 0 Å². The first-order chi connectivity index (χ1) is 30.7. The molecular formula is C59H44N2O. The number of hydrogen-bond acceptors (Lipinski definition) is 2. The van der Waals surface area contributed by atoms with Crippen LogP contribution in [0.3, 0.4) is 0 Å². The van der Waals surface area contributed by atoms with Gasteiger partial charge >= 0.3 is 0 Å². The number of aromatic nitrogens is 1. The second-order valence-corrected chi connectivity index (χ2v) is 17.6. The average Bonchev–Trinajstić information content (AvgIpc) is 4.14. The van der Waals surface area contributed by atoms with Crippen LogP contribution in [0.15, 0.2) is 205 Å². The van der Waals surface area contributed by atoms with E-state index in [2.05, 4.69) is 210 Å². The Morgan fingerprint density at radius 3 is 1.89 bits per heavy atom. The maximum atomic E-state index is 6.51. The minimum absolute atomic E-state index is 0.665. The predicted molar refractivity (Wildman–Crippen MR) is 259 cm³/mol. The molecule has 9 aromatic carbocycles. The summed E-state index contributed by atoms with van der Waals surface area (Å²) in [5.41, 5.74) is 15.1. The van der Waals surface area contributed by atoms with Crippen LogP contribution in [-0.2, 0) is 0 Å². The van der Waals surface area contributed by atoms with Gasteiger partial charge in [0.25, 0.3) is 0 Å². The van der Waals surface area contributed by atoms with Gasteiger partial charge in [0.05, 0.1) is 22.1 Å². The van der Waals surface area contributed by atoms with Gasteiger partial charge in [-0.25, -0.2) is 0 Å². The zero-order valence-electron chi connectivity index (χ0n) is 34.4. The van der Waals surface area contributed by atoms with E-state index in [0.717, 1.165) is 50.8 Å². The number of benzene rings is 9. The fourth-order valence-corrected chi connectivity index (χ4v) is 11.5. The first-order valence-electron chi connectivity index (χ1n) is 22.2. The smallest absolute Gasteiger partial charge is 0.137 e. The highest BCUT2D eigenvalue weighted by atomic mass is 16.3. The highest BCUT2D eigenvalue weighted by molar-refractivity contribution is 6.15. The molecule has 2 aliphatic carbocycles. The number of furan rings is 1. The van der Waals surface area contributed by atoms with Gasteiger partial charge in [0, 0.05) is 33.2 Å². The van der Waals surface area contributed by atoms with Gasteiger partial charge in [-0.1, -0.05) is 146 Å². The Morgan fingerprint density at radius 2 is 1.13 bits per heavy atom. The van der Waals surface area contributed by atoms with Crippen molar-refractivity contribution in [2.75, 3.05) is 4.90 Å². The summed E-state index contributed by atoms with van der Waals surface area (Å²) in [5.74, 6) is 2.39. The molecule has 3 heteroatoms. The van der Waals surface area contributed by atoms with Crippen molar-refractivity contribution in [3.8, 4) is 27.9 Å². The lowest BCUT2D eigenvalue weighted by Crippen LogP contribution is -2.10. The van der Waals surface area contributed by atoms with E-state index in [0.29, 0.717) is 5.92 Å². The Bertz CT molecular complexity index is 3480. The summed E-state index contributed by atoms with van der Waals surface area (Å²) in [4.78, 5) is 2.43. The molecule has 2 bridgehead atoms. The SMILES string of the molecule is c1ccc(-c2cccc3cccc(-c4ccc(N(c5ccc6c7ccc(C8CC9CCC8C9)cc7n(-c7ccccc7)c6c5)c5cccc6oc7ccccc7c56)cc4)c23)cc1. The minimum Gasteiger partial charge on any atom is -0.456 e. The molecule has 0 amide bonds. The second kappa shape index (κ2) is 14.1. The molecule has 296 valence electrons. The van der Waals surface area contributed by atoms with Gasteiger partial charge in [-0.2, -0.15) is 0 Å². The largest absolute Gasteiger partial charge is 0.456 e. The molecule has 11 aromatic rings. The molecule has 0 spiro atoms. The first kappa shape index (κ1) is 35.4. The molecule has 2 aromatic heterocycles. The van der Waals surface area contributed by atoms with E-state index in [1.54, 1.807) is 0 Å².